The zero-order valence-electron chi connectivity index (χ0n) is 15.3. The standard InChI is InChI=1S/C22H14Cl2FN3OS/c23-16-10-9-13(11-17(16)24)26-22(29)28-19-8-4-2-6-15(19)20-12-30-21(27-20)14-5-1-3-7-18(14)25/h1-12H,(H2,26,28,29). The van der Waals surface area contributed by atoms with Gasteiger partial charge in [0.15, 0.2) is 0 Å². The van der Waals surface area contributed by atoms with Crippen molar-refractivity contribution in [3.8, 4) is 21.8 Å². The van der Waals surface area contributed by atoms with E-state index in [1.165, 1.54) is 17.4 Å². The van der Waals surface area contributed by atoms with Gasteiger partial charge in [0.05, 0.1) is 21.4 Å². The van der Waals surface area contributed by atoms with Crippen LogP contribution in [0.2, 0.25) is 10.0 Å². The van der Waals surface area contributed by atoms with Gasteiger partial charge in [0.2, 0.25) is 0 Å². The number of urea groups is 1. The first kappa shape index (κ1) is 20.3. The fourth-order valence-corrected chi connectivity index (χ4v) is 3.97. The van der Waals surface area contributed by atoms with E-state index in [1.54, 1.807) is 42.5 Å². The second kappa shape index (κ2) is 8.83. The Morgan fingerprint density at radius 2 is 1.63 bits per heavy atom. The Balaban J connectivity index is 1.56. The number of hydrogen-bond donors (Lipinski definition) is 2. The molecule has 4 aromatic rings. The molecule has 2 amide bonds. The number of nitrogens with zero attached hydrogens (tertiary/aromatic N) is 1. The summed E-state index contributed by atoms with van der Waals surface area (Å²) in [5.74, 6) is -0.328. The van der Waals surface area contributed by atoms with Crippen LogP contribution in [0.4, 0.5) is 20.6 Å². The van der Waals surface area contributed by atoms with Gasteiger partial charge in [-0.2, -0.15) is 0 Å². The molecule has 0 radical (unpaired) electrons. The van der Waals surface area contributed by atoms with Crippen LogP contribution in [-0.4, -0.2) is 11.0 Å². The van der Waals surface area contributed by atoms with Crippen LogP contribution in [0.25, 0.3) is 21.8 Å². The third-order valence-corrected chi connectivity index (χ3v) is 5.85. The zero-order chi connectivity index (χ0) is 21.1. The van der Waals surface area contributed by atoms with Gasteiger partial charge in [0, 0.05) is 22.2 Å². The highest BCUT2D eigenvalue weighted by Gasteiger charge is 2.14. The van der Waals surface area contributed by atoms with Crippen molar-refractivity contribution in [3.63, 3.8) is 0 Å². The van der Waals surface area contributed by atoms with Crippen LogP contribution in [0, 0.1) is 5.82 Å². The minimum Gasteiger partial charge on any atom is -0.308 e. The van der Waals surface area contributed by atoms with E-state index >= 15 is 0 Å². The summed E-state index contributed by atoms with van der Waals surface area (Å²) in [6.45, 7) is 0. The molecule has 0 aliphatic heterocycles. The van der Waals surface area contributed by atoms with Crippen LogP contribution in [0.5, 0.6) is 0 Å². The zero-order valence-corrected chi connectivity index (χ0v) is 17.7. The van der Waals surface area contributed by atoms with Crippen molar-refractivity contribution in [2.75, 3.05) is 10.6 Å². The summed E-state index contributed by atoms with van der Waals surface area (Å²) in [4.78, 5) is 17.0. The summed E-state index contributed by atoms with van der Waals surface area (Å²) in [7, 11) is 0. The molecule has 0 spiro atoms. The molecule has 0 saturated heterocycles. The van der Waals surface area contributed by atoms with Crippen LogP contribution in [0.3, 0.4) is 0 Å². The molecule has 0 aliphatic carbocycles. The Morgan fingerprint density at radius 1 is 0.900 bits per heavy atom. The molecule has 4 nitrogen and oxygen atoms in total. The van der Waals surface area contributed by atoms with Gasteiger partial charge in [-0.25, -0.2) is 14.2 Å². The maximum Gasteiger partial charge on any atom is 0.323 e. The number of carbonyl (C=O) groups excluding carboxylic acids is 1. The fraction of sp³-hybridized carbons (Fsp3) is 0. The Hall–Kier alpha value is -2.93. The number of nitrogens with one attached hydrogen (secondary N) is 2. The van der Waals surface area contributed by atoms with E-state index in [4.69, 9.17) is 23.2 Å². The minimum absolute atomic E-state index is 0.328. The number of aromatic nitrogens is 1. The minimum atomic E-state index is -0.439. The van der Waals surface area contributed by atoms with Crippen molar-refractivity contribution in [1.29, 1.82) is 0 Å². The summed E-state index contributed by atoms with van der Waals surface area (Å²) in [6, 6.07) is 18.1. The molecule has 0 aliphatic rings. The number of halogens is 3. The van der Waals surface area contributed by atoms with Crippen molar-refractivity contribution in [2.45, 2.75) is 0 Å². The van der Waals surface area contributed by atoms with Crippen LogP contribution in [0.15, 0.2) is 72.1 Å². The average molecular weight is 458 g/mol. The van der Waals surface area contributed by atoms with E-state index in [0.717, 1.165) is 5.56 Å². The molecule has 150 valence electrons. The van der Waals surface area contributed by atoms with E-state index in [0.29, 0.717) is 37.7 Å². The summed E-state index contributed by atoms with van der Waals surface area (Å²) >= 11 is 13.2. The molecule has 2 N–H and O–H groups in total. The molecule has 3 aromatic carbocycles. The van der Waals surface area contributed by atoms with Gasteiger partial charge in [-0.05, 0) is 36.4 Å². The molecule has 0 unspecified atom stereocenters. The number of thiazole rings is 1. The lowest BCUT2D eigenvalue weighted by Crippen LogP contribution is -2.19. The molecule has 4 rings (SSSR count). The molecule has 1 aromatic heterocycles. The predicted octanol–water partition coefficient (Wildman–Crippen LogP) is 7.57. The van der Waals surface area contributed by atoms with Gasteiger partial charge in [-0.1, -0.05) is 53.5 Å². The SMILES string of the molecule is O=C(Nc1ccc(Cl)c(Cl)c1)Nc1ccccc1-c1csc(-c2ccccc2F)n1. The van der Waals surface area contributed by atoms with E-state index in [1.807, 2.05) is 23.6 Å². The second-order valence-corrected chi connectivity index (χ2v) is 7.94. The van der Waals surface area contributed by atoms with Crippen molar-refractivity contribution in [1.82, 2.24) is 4.98 Å². The van der Waals surface area contributed by atoms with E-state index < -0.39 is 6.03 Å². The molecule has 0 fully saturated rings. The average Bonchev–Trinajstić information content (AvgIpc) is 3.21. The Morgan fingerprint density at radius 3 is 2.40 bits per heavy atom. The Bertz CT molecular complexity index is 1230. The number of amides is 2. The fourth-order valence-electron chi connectivity index (χ4n) is 2.83. The van der Waals surface area contributed by atoms with Crippen molar-refractivity contribution >= 4 is 51.9 Å². The highest BCUT2D eigenvalue weighted by molar-refractivity contribution is 7.13. The predicted molar refractivity (Wildman–Crippen MR) is 122 cm³/mol. The van der Waals surface area contributed by atoms with Crippen molar-refractivity contribution in [3.05, 3.63) is 88.0 Å². The molecule has 30 heavy (non-hydrogen) atoms. The topological polar surface area (TPSA) is 54.0 Å². The first-order valence-electron chi connectivity index (χ1n) is 8.84. The lowest BCUT2D eigenvalue weighted by Gasteiger charge is -2.11. The van der Waals surface area contributed by atoms with Crippen molar-refractivity contribution < 1.29 is 9.18 Å². The lowest BCUT2D eigenvalue weighted by atomic mass is 10.1. The van der Waals surface area contributed by atoms with Gasteiger partial charge in [0.25, 0.3) is 0 Å². The third kappa shape index (κ3) is 4.46. The Kier molecular flexibility index (Phi) is 5.99. The lowest BCUT2D eigenvalue weighted by molar-refractivity contribution is 0.262. The van der Waals surface area contributed by atoms with Gasteiger partial charge < -0.3 is 10.6 Å². The van der Waals surface area contributed by atoms with Crippen LogP contribution < -0.4 is 10.6 Å². The first-order chi connectivity index (χ1) is 14.5. The van der Waals surface area contributed by atoms with Crippen LogP contribution >= 0.6 is 34.5 Å². The first-order valence-corrected chi connectivity index (χ1v) is 10.5. The summed E-state index contributed by atoms with van der Waals surface area (Å²) in [6.07, 6.45) is 0. The van der Waals surface area contributed by atoms with E-state index in [2.05, 4.69) is 15.6 Å². The largest absolute Gasteiger partial charge is 0.323 e. The highest BCUT2D eigenvalue weighted by atomic mass is 35.5. The van der Waals surface area contributed by atoms with E-state index in [-0.39, 0.29) is 5.82 Å². The summed E-state index contributed by atoms with van der Waals surface area (Å²) in [5, 5.41) is 8.68. The maximum absolute atomic E-state index is 14.1. The Labute approximate surface area is 186 Å². The monoisotopic (exact) mass is 457 g/mol. The van der Waals surface area contributed by atoms with Crippen LogP contribution in [-0.2, 0) is 0 Å². The normalized spacial score (nSPS) is 10.6. The van der Waals surface area contributed by atoms with Crippen molar-refractivity contribution in [2.24, 2.45) is 0 Å². The second-order valence-electron chi connectivity index (χ2n) is 6.27. The number of carbonyl (C=O) groups is 1. The number of hydrogen-bond acceptors (Lipinski definition) is 3. The van der Waals surface area contributed by atoms with Gasteiger partial charge in [0.1, 0.15) is 10.8 Å². The smallest absolute Gasteiger partial charge is 0.308 e. The summed E-state index contributed by atoms with van der Waals surface area (Å²) < 4.78 is 14.1. The number of para-hydroxylation sites is 1. The summed E-state index contributed by atoms with van der Waals surface area (Å²) in [5.41, 5.74) is 2.89. The molecule has 0 saturated carbocycles. The molecule has 8 heteroatoms. The van der Waals surface area contributed by atoms with Gasteiger partial charge >= 0.3 is 6.03 Å². The quantitative estimate of drug-likeness (QED) is 0.331. The maximum atomic E-state index is 14.1. The van der Waals surface area contributed by atoms with Gasteiger partial charge in [-0.15, -0.1) is 11.3 Å². The number of anilines is 2. The third-order valence-electron chi connectivity index (χ3n) is 4.24. The highest BCUT2D eigenvalue weighted by Crippen LogP contribution is 2.33. The van der Waals surface area contributed by atoms with Crippen LogP contribution in [0.1, 0.15) is 0 Å². The van der Waals surface area contributed by atoms with Gasteiger partial charge in [-0.3, -0.25) is 0 Å². The molecular formula is C22H14Cl2FN3OS. The number of rotatable bonds is 4. The molecular weight excluding hydrogens is 444 g/mol. The number of benzene rings is 3. The van der Waals surface area contributed by atoms with E-state index in [9.17, 15) is 9.18 Å². The molecule has 0 bridgehead atoms. The molecule has 0 atom stereocenters. The molecule has 1 heterocycles.